The van der Waals surface area contributed by atoms with E-state index in [4.69, 9.17) is 9.51 Å². The first-order valence-corrected chi connectivity index (χ1v) is 8.78. The number of anilines is 1. The number of hydrogen-bond acceptors (Lipinski definition) is 6. The molecule has 6 heteroatoms. The van der Waals surface area contributed by atoms with Crippen LogP contribution < -0.4 is 4.90 Å². The first-order valence-electron chi connectivity index (χ1n) is 8.78. The van der Waals surface area contributed by atoms with E-state index in [9.17, 15) is 0 Å². The van der Waals surface area contributed by atoms with Crippen LogP contribution in [0, 0.1) is 0 Å². The Morgan fingerprint density at radius 2 is 1.61 bits per heavy atom. The van der Waals surface area contributed by atoms with Gasteiger partial charge < -0.3 is 9.42 Å². The summed E-state index contributed by atoms with van der Waals surface area (Å²) in [4.78, 5) is 16.2. The zero-order valence-electron chi connectivity index (χ0n) is 13.2. The van der Waals surface area contributed by atoms with E-state index in [1.54, 1.807) is 0 Å². The molecule has 120 valence electrons. The molecule has 0 atom stereocenters. The molecule has 3 fully saturated rings. The van der Waals surface area contributed by atoms with E-state index in [1.165, 1.54) is 25.7 Å². The number of piperidine rings is 1. The molecule has 1 saturated heterocycles. The molecule has 5 rings (SSSR count). The Hall–Kier alpha value is -1.98. The van der Waals surface area contributed by atoms with E-state index >= 15 is 0 Å². The molecule has 3 heterocycles. The summed E-state index contributed by atoms with van der Waals surface area (Å²) in [5.41, 5.74) is 0. The number of rotatable bonds is 4. The van der Waals surface area contributed by atoms with Crippen molar-refractivity contribution in [2.75, 3.05) is 18.0 Å². The summed E-state index contributed by atoms with van der Waals surface area (Å²) in [7, 11) is 0. The lowest BCUT2D eigenvalue weighted by molar-refractivity contribution is 0.364. The molecule has 0 bridgehead atoms. The van der Waals surface area contributed by atoms with Crippen LogP contribution in [0.3, 0.4) is 0 Å². The van der Waals surface area contributed by atoms with E-state index < -0.39 is 0 Å². The molecular weight excluding hydrogens is 290 g/mol. The van der Waals surface area contributed by atoms with Gasteiger partial charge in [0.05, 0.1) is 0 Å². The minimum absolute atomic E-state index is 0.423. The lowest BCUT2D eigenvalue weighted by Gasteiger charge is -2.31. The second-order valence-corrected chi connectivity index (χ2v) is 7.07. The molecule has 2 aromatic rings. The molecule has 23 heavy (non-hydrogen) atoms. The van der Waals surface area contributed by atoms with Gasteiger partial charge in [0.1, 0.15) is 11.6 Å². The average Bonchev–Trinajstić information content (AvgIpc) is 3.54. The Morgan fingerprint density at radius 3 is 2.35 bits per heavy atom. The first-order chi connectivity index (χ1) is 11.4. The third-order valence-electron chi connectivity index (χ3n) is 5.17. The normalized spacial score (nSPS) is 22.5. The van der Waals surface area contributed by atoms with Crippen LogP contribution in [0.15, 0.2) is 16.8 Å². The maximum atomic E-state index is 5.41. The van der Waals surface area contributed by atoms with E-state index in [0.29, 0.717) is 17.8 Å². The van der Waals surface area contributed by atoms with Crippen molar-refractivity contribution in [2.24, 2.45) is 0 Å². The van der Waals surface area contributed by atoms with Crippen LogP contribution in [0.4, 0.5) is 5.82 Å². The van der Waals surface area contributed by atoms with Gasteiger partial charge in [-0.05, 0) is 44.6 Å². The second-order valence-electron chi connectivity index (χ2n) is 7.07. The number of aromatic nitrogens is 4. The van der Waals surface area contributed by atoms with Crippen molar-refractivity contribution < 1.29 is 4.52 Å². The molecule has 0 unspecified atom stereocenters. The van der Waals surface area contributed by atoms with Gasteiger partial charge in [0.15, 0.2) is 5.82 Å². The Morgan fingerprint density at radius 1 is 0.870 bits per heavy atom. The fourth-order valence-corrected chi connectivity index (χ4v) is 3.35. The summed E-state index contributed by atoms with van der Waals surface area (Å²) in [6.45, 7) is 2.00. The summed E-state index contributed by atoms with van der Waals surface area (Å²) in [5.74, 6) is 5.43. The lowest BCUT2D eigenvalue weighted by atomic mass is 9.96. The number of nitrogens with zero attached hydrogens (tertiary/aromatic N) is 5. The van der Waals surface area contributed by atoms with Crippen LogP contribution in [-0.2, 0) is 0 Å². The molecule has 0 spiro atoms. The highest BCUT2D eigenvalue weighted by atomic mass is 16.5. The molecule has 0 N–H and O–H groups in total. The van der Waals surface area contributed by atoms with Crippen molar-refractivity contribution in [3.8, 4) is 0 Å². The third kappa shape index (κ3) is 2.71. The van der Waals surface area contributed by atoms with Gasteiger partial charge in [0.2, 0.25) is 5.89 Å². The highest BCUT2D eigenvalue weighted by Crippen LogP contribution is 2.40. The van der Waals surface area contributed by atoms with Crippen molar-refractivity contribution in [1.82, 2.24) is 20.1 Å². The molecule has 0 amide bonds. The van der Waals surface area contributed by atoms with Gasteiger partial charge in [-0.1, -0.05) is 5.16 Å². The minimum Gasteiger partial charge on any atom is -0.356 e. The quantitative estimate of drug-likeness (QED) is 0.864. The predicted octanol–water partition coefficient (Wildman–Crippen LogP) is 3.00. The monoisotopic (exact) mass is 311 g/mol. The minimum atomic E-state index is 0.423. The van der Waals surface area contributed by atoms with Crippen LogP contribution in [0.1, 0.15) is 73.8 Å². The SMILES string of the molecule is c1cc(N2CCC(c3noc(C4CC4)n3)CC2)nc(C2CC2)n1. The van der Waals surface area contributed by atoms with E-state index in [1.807, 2.05) is 12.3 Å². The summed E-state index contributed by atoms with van der Waals surface area (Å²) >= 11 is 0. The molecule has 0 aromatic carbocycles. The number of hydrogen-bond donors (Lipinski definition) is 0. The van der Waals surface area contributed by atoms with Gasteiger partial charge in [-0.3, -0.25) is 0 Å². The first kappa shape index (κ1) is 13.5. The van der Waals surface area contributed by atoms with Crippen molar-refractivity contribution in [3.05, 3.63) is 29.8 Å². The smallest absolute Gasteiger partial charge is 0.229 e. The maximum Gasteiger partial charge on any atom is 0.229 e. The average molecular weight is 311 g/mol. The summed E-state index contributed by atoms with van der Waals surface area (Å²) in [5, 5.41) is 4.21. The Balaban J connectivity index is 1.25. The van der Waals surface area contributed by atoms with Gasteiger partial charge in [-0.15, -0.1) is 0 Å². The second kappa shape index (κ2) is 5.28. The van der Waals surface area contributed by atoms with Gasteiger partial charge in [0, 0.05) is 37.0 Å². The van der Waals surface area contributed by atoms with Crippen LogP contribution >= 0.6 is 0 Å². The highest BCUT2D eigenvalue weighted by Gasteiger charge is 2.32. The fourth-order valence-electron chi connectivity index (χ4n) is 3.35. The van der Waals surface area contributed by atoms with E-state index in [-0.39, 0.29) is 0 Å². The zero-order valence-corrected chi connectivity index (χ0v) is 13.2. The molecule has 2 saturated carbocycles. The summed E-state index contributed by atoms with van der Waals surface area (Å²) in [6.07, 6.45) is 8.93. The summed E-state index contributed by atoms with van der Waals surface area (Å²) in [6, 6.07) is 2.03. The predicted molar refractivity (Wildman–Crippen MR) is 84.5 cm³/mol. The zero-order chi connectivity index (χ0) is 15.2. The molecule has 6 nitrogen and oxygen atoms in total. The van der Waals surface area contributed by atoms with E-state index in [2.05, 4.69) is 20.0 Å². The van der Waals surface area contributed by atoms with Gasteiger partial charge >= 0.3 is 0 Å². The van der Waals surface area contributed by atoms with Crippen LogP contribution in [0.2, 0.25) is 0 Å². The fraction of sp³-hybridized carbons (Fsp3) is 0.647. The van der Waals surface area contributed by atoms with Gasteiger partial charge in [0.25, 0.3) is 0 Å². The van der Waals surface area contributed by atoms with Crippen LogP contribution in [-0.4, -0.2) is 33.2 Å². The van der Waals surface area contributed by atoms with E-state index in [0.717, 1.165) is 49.3 Å². The largest absolute Gasteiger partial charge is 0.356 e. The molecule has 1 aliphatic heterocycles. The van der Waals surface area contributed by atoms with Crippen molar-refractivity contribution in [1.29, 1.82) is 0 Å². The van der Waals surface area contributed by atoms with Crippen molar-refractivity contribution >= 4 is 5.82 Å². The maximum absolute atomic E-state index is 5.41. The molecule has 2 aromatic heterocycles. The highest BCUT2D eigenvalue weighted by molar-refractivity contribution is 5.39. The summed E-state index contributed by atoms with van der Waals surface area (Å²) < 4.78 is 5.41. The third-order valence-corrected chi connectivity index (χ3v) is 5.17. The topological polar surface area (TPSA) is 67.9 Å². The molecule has 3 aliphatic rings. The Kier molecular flexibility index (Phi) is 3.09. The molecule has 0 radical (unpaired) electrons. The Bertz CT molecular complexity index is 699. The van der Waals surface area contributed by atoms with Gasteiger partial charge in [-0.25, -0.2) is 9.97 Å². The van der Waals surface area contributed by atoms with Crippen LogP contribution in [0.5, 0.6) is 0 Å². The molecular formula is C17H21N5O. The lowest BCUT2D eigenvalue weighted by Crippen LogP contribution is -2.34. The van der Waals surface area contributed by atoms with Gasteiger partial charge in [-0.2, -0.15) is 4.98 Å². The van der Waals surface area contributed by atoms with Crippen LogP contribution in [0.25, 0.3) is 0 Å². The Labute approximate surface area is 135 Å². The standard InChI is InChI=1S/C17H21N5O/c1-2-11(1)15-18-8-5-14(19-15)22-9-6-12(7-10-22)16-20-17(23-21-16)13-3-4-13/h5,8,11-13H,1-4,6-7,9-10H2. The van der Waals surface area contributed by atoms with Crippen molar-refractivity contribution in [3.63, 3.8) is 0 Å². The molecule has 2 aliphatic carbocycles. The van der Waals surface area contributed by atoms with Crippen molar-refractivity contribution in [2.45, 2.75) is 56.3 Å².